The largest absolute Gasteiger partial charge is 0.491 e. The van der Waals surface area contributed by atoms with E-state index in [9.17, 15) is 13.2 Å². The second-order valence-electron chi connectivity index (χ2n) is 15.9. The van der Waals surface area contributed by atoms with E-state index in [1.807, 2.05) is 32.2 Å². The number of morpholine rings is 1. The number of hydrogen-bond acceptors (Lipinski definition) is 9. The summed E-state index contributed by atoms with van der Waals surface area (Å²) in [6.45, 7) is 13.8. The van der Waals surface area contributed by atoms with Crippen molar-refractivity contribution in [3.05, 3.63) is 59.2 Å². The zero-order chi connectivity index (χ0) is 36.9. The van der Waals surface area contributed by atoms with Crippen molar-refractivity contribution in [3.63, 3.8) is 0 Å². The molecule has 2 unspecified atom stereocenters. The highest BCUT2D eigenvalue weighted by Gasteiger charge is 2.47. The number of anilines is 1. The number of rotatable bonds is 6. The summed E-state index contributed by atoms with van der Waals surface area (Å²) >= 11 is 6.51. The van der Waals surface area contributed by atoms with Crippen LogP contribution in [0.4, 0.5) is 5.69 Å². The summed E-state index contributed by atoms with van der Waals surface area (Å²) in [6, 6.07) is 5.34. The van der Waals surface area contributed by atoms with Crippen molar-refractivity contribution < 1.29 is 27.4 Å². The number of fused-ring (bicyclic) bond motifs is 3. The summed E-state index contributed by atoms with van der Waals surface area (Å²) in [5.41, 5.74) is 0.436. The molecule has 3 aliphatic heterocycles. The number of hydrogen-bond donors (Lipinski definition) is 2. The molecule has 0 spiro atoms. The molecule has 10 nitrogen and oxygen atoms in total. The molecular formula is C40H59ClN4O6S. The standard InChI is InChI=1S/C40H59ClN4O6S/c1-29-8-7-16-40(49-4,28-42-17-19-44-20-22-50-23-21-44)35-13-9-32(35)26-45-18-6-5-15-39(3)25-34(41)12-11-33(39)27-51-37-14-10-31(24-36(37)45)38(46)43-52(47,48)30(29)2/h7,10-12,14,16,24-25,29-30,32-33,35,42H,5-6,8-9,13,15,17-23,26-28H2,1-4H3,(H,43,46)/b16-7+/t29-,30+,32-,33?,35+,39?,40+/m0/s1. The van der Waals surface area contributed by atoms with Gasteiger partial charge in [-0.1, -0.05) is 56.2 Å². The summed E-state index contributed by atoms with van der Waals surface area (Å²) in [6.07, 6.45) is 16.2. The second kappa shape index (κ2) is 16.9. The number of nitrogens with zero attached hydrogens (tertiary/aromatic N) is 2. The fourth-order valence-electron chi connectivity index (χ4n) is 8.65. The number of carbonyl (C=O) groups is 1. The maximum atomic E-state index is 13.6. The first kappa shape index (κ1) is 39.3. The van der Waals surface area contributed by atoms with Crippen molar-refractivity contribution in [1.29, 1.82) is 0 Å². The number of halogens is 1. The van der Waals surface area contributed by atoms with Crippen LogP contribution in [-0.4, -0.2) is 103 Å². The molecule has 1 aromatic rings. The summed E-state index contributed by atoms with van der Waals surface area (Å²) < 4.78 is 48.2. The predicted molar refractivity (Wildman–Crippen MR) is 208 cm³/mol. The summed E-state index contributed by atoms with van der Waals surface area (Å²) in [5, 5.41) is 3.71. The molecule has 2 bridgehead atoms. The third kappa shape index (κ3) is 8.92. The van der Waals surface area contributed by atoms with Crippen LogP contribution in [0.15, 0.2) is 53.6 Å². The van der Waals surface area contributed by atoms with Crippen LogP contribution in [-0.2, 0) is 19.5 Å². The van der Waals surface area contributed by atoms with Gasteiger partial charge in [0.25, 0.3) is 5.91 Å². The Morgan fingerprint density at radius 3 is 2.69 bits per heavy atom. The van der Waals surface area contributed by atoms with E-state index in [4.69, 9.17) is 25.8 Å². The minimum Gasteiger partial charge on any atom is -0.491 e. The van der Waals surface area contributed by atoms with Crippen LogP contribution in [0.2, 0.25) is 0 Å². The molecule has 3 heterocycles. The van der Waals surface area contributed by atoms with Crippen LogP contribution in [0.1, 0.15) is 69.7 Å². The first-order valence-electron chi connectivity index (χ1n) is 19.3. The van der Waals surface area contributed by atoms with Crippen LogP contribution < -0.4 is 19.7 Å². The first-order chi connectivity index (χ1) is 24.9. The van der Waals surface area contributed by atoms with Gasteiger partial charge >= 0.3 is 0 Å². The third-order valence-corrected chi connectivity index (χ3v) is 14.7. The van der Waals surface area contributed by atoms with E-state index in [2.05, 4.69) is 51.1 Å². The molecule has 2 N–H and O–H groups in total. The Morgan fingerprint density at radius 1 is 1.13 bits per heavy atom. The van der Waals surface area contributed by atoms with Gasteiger partial charge in [0.05, 0.1) is 30.8 Å². The molecular weight excluding hydrogens is 700 g/mol. The lowest BCUT2D eigenvalue weighted by molar-refractivity contribution is -0.0734. The zero-order valence-electron chi connectivity index (χ0n) is 31.4. The average Bonchev–Trinajstić information content (AvgIpc) is 3.13. The minimum atomic E-state index is -3.95. The van der Waals surface area contributed by atoms with E-state index in [1.165, 1.54) is 0 Å². The molecule has 2 fully saturated rings. The number of carbonyl (C=O) groups excluding carboxylic acids is 1. The van der Waals surface area contributed by atoms with Crippen molar-refractivity contribution in [1.82, 2.24) is 14.9 Å². The number of sulfonamides is 1. The molecule has 12 heteroatoms. The number of allylic oxidation sites excluding steroid dienone is 4. The van der Waals surface area contributed by atoms with E-state index in [0.29, 0.717) is 36.8 Å². The van der Waals surface area contributed by atoms with Crippen LogP contribution in [0, 0.1) is 29.1 Å². The Bertz CT molecular complexity index is 1610. The molecule has 288 valence electrons. The van der Waals surface area contributed by atoms with Crippen LogP contribution in [0.25, 0.3) is 0 Å². The molecule has 1 saturated carbocycles. The van der Waals surface area contributed by atoms with Crippen molar-refractivity contribution in [2.75, 3.05) is 77.6 Å². The zero-order valence-corrected chi connectivity index (χ0v) is 33.0. The number of benzene rings is 1. The Labute approximate surface area is 316 Å². The molecule has 5 aliphatic rings. The second-order valence-corrected chi connectivity index (χ2v) is 18.4. The molecule has 6 rings (SSSR count). The lowest BCUT2D eigenvalue weighted by Crippen LogP contribution is -2.56. The van der Waals surface area contributed by atoms with Crippen LogP contribution in [0.3, 0.4) is 0 Å². The van der Waals surface area contributed by atoms with Crippen LogP contribution >= 0.6 is 11.6 Å². The molecule has 52 heavy (non-hydrogen) atoms. The van der Waals surface area contributed by atoms with Gasteiger partial charge in [-0.3, -0.25) is 9.69 Å². The first-order valence-corrected chi connectivity index (χ1v) is 21.2. The van der Waals surface area contributed by atoms with Gasteiger partial charge in [-0.2, -0.15) is 0 Å². The van der Waals surface area contributed by atoms with Gasteiger partial charge in [-0.25, -0.2) is 13.1 Å². The van der Waals surface area contributed by atoms with Crippen molar-refractivity contribution >= 4 is 33.2 Å². The van der Waals surface area contributed by atoms with E-state index in [0.717, 1.165) is 95.3 Å². The SMILES string of the molecule is CO[C@@]1(CNCCN2CCOCC2)/C=C/C[C@H](C)[C@@H](C)S(=O)(=O)NC(=O)c2ccc3c(c2)N(CCCCC2(C)C=C(Cl)C=CC2CO3)C[C@@H]2CC[C@H]21. The average molecular weight is 759 g/mol. The fourth-order valence-corrected chi connectivity index (χ4v) is 10.3. The smallest absolute Gasteiger partial charge is 0.264 e. The van der Waals surface area contributed by atoms with Gasteiger partial charge in [-0.05, 0) is 86.5 Å². The lowest BCUT2D eigenvalue weighted by atomic mass is 9.64. The van der Waals surface area contributed by atoms with Gasteiger partial charge in [0.2, 0.25) is 10.0 Å². The molecule has 1 aromatic carbocycles. The molecule has 1 saturated heterocycles. The summed E-state index contributed by atoms with van der Waals surface area (Å²) in [7, 11) is -2.14. The molecule has 0 aromatic heterocycles. The van der Waals surface area contributed by atoms with Crippen molar-refractivity contribution in [2.45, 2.75) is 70.1 Å². The highest BCUT2D eigenvalue weighted by Crippen LogP contribution is 2.47. The fraction of sp³-hybridized carbons (Fsp3) is 0.675. The number of ether oxygens (including phenoxy) is 3. The molecule has 1 amide bonds. The van der Waals surface area contributed by atoms with E-state index in [-0.39, 0.29) is 23.2 Å². The van der Waals surface area contributed by atoms with Crippen LogP contribution in [0.5, 0.6) is 5.75 Å². The highest BCUT2D eigenvalue weighted by atomic mass is 35.5. The third-order valence-electron chi connectivity index (χ3n) is 12.6. The number of nitrogens with one attached hydrogen (secondary N) is 2. The highest BCUT2D eigenvalue weighted by molar-refractivity contribution is 7.90. The van der Waals surface area contributed by atoms with E-state index >= 15 is 0 Å². The number of amides is 1. The quantitative estimate of drug-likeness (QED) is 0.277. The Morgan fingerprint density at radius 2 is 1.94 bits per heavy atom. The molecule has 7 atom stereocenters. The maximum absolute atomic E-state index is 13.6. The van der Waals surface area contributed by atoms with Gasteiger partial charge in [0.1, 0.15) is 11.4 Å². The molecule has 2 aliphatic carbocycles. The van der Waals surface area contributed by atoms with Gasteiger partial charge < -0.3 is 24.4 Å². The van der Waals surface area contributed by atoms with E-state index < -0.39 is 26.8 Å². The Hall–Kier alpha value is -2.41. The Balaban J connectivity index is 1.33. The summed E-state index contributed by atoms with van der Waals surface area (Å²) in [5.74, 6) is 0.579. The monoisotopic (exact) mass is 758 g/mol. The Kier molecular flexibility index (Phi) is 12.8. The van der Waals surface area contributed by atoms with Gasteiger partial charge in [0.15, 0.2) is 0 Å². The molecule has 0 radical (unpaired) electrons. The predicted octanol–water partition coefficient (Wildman–Crippen LogP) is 5.75. The van der Waals surface area contributed by atoms with Gasteiger partial charge in [-0.15, -0.1) is 0 Å². The normalized spacial score (nSPS) is 35.0. The maximum Gasteiger partial charge on any atom is 0.264 e. The van der Waals surface area contributed by atoms with Crippen molar-refractivity contribution in [2.24, 2.45) is 29.1 Å². The van der Waals surface area contributed by atoms with Gasteiger partial charge in [0, 0.05) is 69.4 Å². The lowest BCUT2D eigenvalue weighted by Gasteiger charge is -2.50. The topological polar surface area (TPSA) is 109 Å². The number of methoxy groups -OCH3 is 1. The summed E-state index contributed by atoms with van der Waals surface area (Å²) in [4.78, 5) is 18.4. The minimum absolute atomic E-state index is 0.131. The van der Waals surface area contributed by atoms with E-state index in [1.54, 1.807) is 13.0 Å². The van der Waals surface area contributed by atoms with Crippen molar-refractivity contribution in [3.8, 4) is 5.75 Å².